The van der Waals surface area contributed by atoms with Crippen LogP contribution in [-0.2, 0) is 10.0 Å². The Morgan fingerprint density at radius 3 is 2.35 bits per heavy atom. The first kappa shape index (κ1) is 16.9. The summed E-state index contributed by atoms with van der Waals surface area (Å²) in [6.45, 7) is 0.0114. The van der Waals surface area contributed by atoms with Gasteiger partial charge in [-0.15, -0.1) is 0 Å². The molecule has 0 aliphatic carbocycles. The van der Waals surface area contributed by atoms with Crippen LogP contribution in [0.3, 0.4) is 0 Å². The monoisotopic (exact) mass is 323 g/mol. The van der Waals surface area contributed by atoms with Crippen LogP contribution in [-0.4, -0.2) is 48.5 Å². The molecule has 1 rings (SSSR count). The molecule has 112 valence electrons. The SMILES string of the molecule is CC(CO)(CO)NS(=O)(=O)c1cc(C(=O)O)ccc1Cl. The molecule has 4 N–H and O–H groups in total. The van der Waals surface area contributed by atoms with Crippen molar-refractivity contribution >= 4 is 27.6 Å². The van der Waals surface area contributed by atoms with Crippen molar-refractivity contribution in [1.82, 2.24) is 4.72 Å². The lowest BCUT2D eigenvalue weighted by Gasteiger charge is -2.26. The van der Waals surface area contributed by atoms with Crippen molar-refractivity contribution in [2.75, 3.05) is 13.2 Å². The lowest BCUT2D eigenvalue weighted by Crippen LogP contribution is -2.51. The molecule has 0 fully saturated rings. The number of benzene rings is 1. The van der Waals surface area contributed by atoms with Crippen LogP contribution >= 0.6 is 11.6 Å². The zero-order valence-electron chi connectivity index (χ0n) is 10.5. The van der Waals surface area contributed by atoms with Gasteiger partial charge in [0.15, 0.2) is 0 Å². The highest BCUT2D eigenvalue weighted by molar-refractivity contribution is 7.89. The molecule has 0 radical (unpaired) electrons. The maximum Gasteiger partial charge on any atom is 0.335 e. The maximum absolute atomic E-state index is 12.2. The van der Waals surface area contributed by atoms with Gasteiger partial charge in [0.1, 0.15) is 4.90 Å². The number of halogens is 1. The largest absolute Gasteiger partial charge is 0.478 e. The fraction of sp³-hybridized carbons (Fsp3) is 0.364. The third kappa shape index (κ3) is 3.68. The second-order valence-corrected chi connectivity index (χ2v) is 6.49. The lowest BCUT2D eigenvalue weighted by molar-refractivity contribution is 0.0696. The van der Waals surface area contributed by atoms with E-state index in [1.165, 1.54) is 13.0 Å². The number of carbonyl (C=O) groups is 1. The van der Waals surface area contributed by atoms with Gasteiger partial charge in [0, 0.05) is 0 Å². The molecule has 0 atom stereocenters. The van der Waals surface area contributed by atoms with E-state index in [4.69, 9.17) is 26.9 Å². The molecule has 20 heavy (non-hydrogen) atoms. The van der Waals surface area contributed by atoms with E-state index in [2.05, 4.69) is 4.72 Å². The minimum atomic E-state index is -4.19. The number of hydrogen-bond donors (Lipinski definition) is 4. The molecule has 0 saturated carbocycles. The van der Waals surface area contributed by atoms with Gasteiger partial charge in [0.05, 0.1) is 29.3 Å². The third-order valence-electron chi connectivity index (χ3n) is 2.55. The van der Waals surface area contributed by atoms with E-state index in [0.29, 0.717) is 0 Å². The Hall–Kier alpha value is -1.19. The minimum absolute atomic E-state index is 0.166. The van der Waals surface area contributed by atoms with E-state index in [0.717, 1.165) is 12.1 Å². The van der Waals surface area contributed by atoms with Gasteiger partial charge in [-0.1, -0.05) is 11.6 Å². The minimum Gasteiger partial charge on any atom is -0.478 e. The second kappa shape index (κ2) is 6.06. The summed E-state index contributed by atoms with van der Waals surface area (Å²) in [5.74, 6) is -1.30. The number of hydrogen-bond acceptors (Lipinski definition) is 5. The quantitative estimate of drug-likeness (QED) is 0.587. The van der Waals surface area contributed by atoms with Gasteiger partial charge >= 0.3 is 5.97 Å². The third-order valence-corrected chi connectivity index (χ3v) is 4.67. The summed E-state index contributed by atoms with van der Waals surface area (Å²) in [7, 11) is -4.19. The van der Waals surface area contributed by atoms with Crippen molar-refractivity contribution in [1.29, 1.82) is 0 Å². The van der Waals surface area contributed by atoms with Gasteiger partial charge in [0.25, 0.3) is 0 Å². The van der Waals surface area contributed by atoms with Crippen molar-refractivity contribution in [3.63, 3.8) is 0 Å². The summed E-state index contributed by atoms with van der Waals surface area (Å²) in [4.78, 5) is 10.4. The Morgan fingerprint density at radius 2 is 1.90 bits per heavy atom. The highest BCUT2D eigenvalue weighted by Crippen LogP contribution is 2.24. The van der Waals surface area contributed by atoms with Crippen molar-refractivity contribution in [3.05, 3.63) is 28.8 Å². The van der Waals surface area contributed by atoms with E-state index >= 15 is 0 Å². The van der Waals surface area contributed by atoms with Crippen LogP contribution < -0.4 is 4.72 Å². The number of sulfonamides is 1. The number of carboxylic acid groups (broad SMARTS) is 1. The van der Waals surface area contributed by atoms with Crippen molar-refractivity contribution in [2.45, 2.75) is 17.4 Å². The van der Waals surface area contributed by atoms with Crippen LogP contribution in [0.15, 0.2) is 23.1 Å². The maximum atomic E-state index is 12.2. The van der Waals surface area contributed by atoms with E-state index in [1.54, 1.807) is 0 Å². The molecule has 0 bridgehead atoms. The number of aliphatic hydroxyl groups excluding tert-OH is 2. The van der Waals surface area contributed by atoms with E-state index in [1.807, 2.05) is 0 Å². The Balaban J connectivity index is 3.28. The second-order valence-electron chi connectivity index (χ2n) is 4.43. The summed E-state index contributed by atoms with van der Waals surface area (Å²) in [6, 6.07) is 3.22. The molecule has 0 heterocycles. The fourth-order valence-electron chi connectivity index (χ4n) is 1.34. The van der Waals surface area contributed by atoms with Gasteiger partial charge in [-0.2, -0.15) is 0 Å². The average Bonchev–Trinajstić information content (AvgIpc) is 2.38. The Bertz CT molecular complexity index is 611. The summed E-state index contributed by atoms with van der Waals surface area (Å²) >= 11 is 5.76. The van der Waals surface area contributed by atoms with Crippen molar-refractivity contribution in [3.8, 4) is 0 Å². The summed E-state index contributed by atoms with van der Waals surface area (Å²) in [6.07, 6.45) is 0. The smallest absolute Gasteiger partial charge is 0.335 e. The number of aromatic carboxylic acids is 1. The number of carboxylic acids is 1. The molecular weight excluding hydrogens is 310 g/mol. The van der Waals surface area contributed by atoms with E-state index in [9.17, 15) is 13.2 Å². The van der Waals surface area contributed by atoms with Gasteiger partial charge in [-0.25, -0.2) is 17.9 Å². The highest BCUT2D eigenvalue weighted by atomic mass is 35.5. The zero-order chi connectivity index (χ0) is 15.6. The Labute approximate surface area is 120 Å². The predicted octanol–water partition coefficient (Wildman–Crippen LogP) is 0.0598. The average molecular weight is 324 g/mol. The molecule has 0 amide bonds. The summed E-state index contributed by atoms with van der Waals surface area (Å²) in [5.41, 5.74) is -1.73. The van der Waals surface area contributed by atoms with Crippen LogP contribution in [0.4, 0.5) is 0 Å². The molecule has 9 heteroatoms. The Kier molecular flexibility index (Phi) is 5.11. The van der Waals surface area contributed by atoms with Gasteiger partial charge < -0.3 is 15.3 Å². The molecule has 0 aromatic heterocycles. The molecule has 7 nitrogen and oxygen atoms in total. The molecule has 1 aromatic carbocycles. The number of aliphatic hydroxyl groups is 2. The van der Waals surface area contributed by atoms with Crippen molar-refractivity contribution < 1.29 is 28.5 Å². The van der Waals surface area contributed by atoms with Gasteiger partial charge in [0.2, 0.25) is 10.0 Å². The van der Waals surface area contributed by atoms with Crippen LogP contribution in [0.1, 0.15) is 17.3 Å². The standard InChI is InChI=1S/C11H14ClNO6S/c1-11(5-14,6-15)13-20(18,19)9-4-7(10(16)17)2-3-8(9)12/h2-4,13-15H,5-6H2,1H3,(H,16,17). The molecule has 0 spiro atoms. The van der Waals surface area contributed by atoms with Crippen LogP contribution in [0, 0.1) is 0 Å². The number of rotatable bonds is 6. The fourth-order valence-corrected chi connectivity index (χ4v) is 3.25. The lowest BCUT2D eigenvalue weighted by atomic mass is 10.1. The van der Waals surface area contributed by atoms with Gasteiger partial charge in [-0.05, 0) is 25.1 Å². The summed E-state index contributed by atoms with van der Waals surface area (Å²) in [5, 5.41) is 26.9. The molecule has 1 aromatic rings. The number of nitrogens with one attached hydrogen (secondary N) is 1. The first-order valence-corrected chi connectivity index (χ1v) is 7.30. The van der Waals surface area contributed by atoms with Crippen LogP contribution in [0.5, 0.6) is 0 Å². The van der Waals surface area contributed by atoms with Crippen LogP contribution in [0.25, 0.3) is 0 Å². The Morgan fingerprint density at radius 1 is 1.35 bits per heavy atom. The first-order valence-electron chi connectivity index (χ1n) is 5.44. The summed E-state index contributed by atoms with van der Waals surface area (Å²) < 4.78 is 26.4. The van der Waals surface area contributed by atoms with E-state index < -0.39 is 39.6 Å². The van der Waals surface area contributed by atoms with Crippen molar-refractivity contribution in [2.24, 2.45) is 0 Å². The molecule has 0 unspecified atom stereocenters. The normalized spacial score (nSPS) is 12.4. The first-order chi connectivity index (χ1) is 9.15. The molecule has 0 aliphatic rings. The van der Waals surface area contributed by atoms with E-state index in [-0.39, 0.29) is 10.6 Å². The van der Waals surface area contributed by atoms with Crippen LogP contribution in [0.2, 0.25) is 5.02 Å². The zero-order valence-corrected chi connectivity index (χ0v) is 12.1. The molecular formula is C11H14ClNO6S. The van der Waals surface area contributed by atoms with Gasteiger partial charge in [-0.3, -0.25) is 0 Å². The predicted molar refractivity (Wildman–Crippen MR) is 71.3 cm³/mol. The highest BCUT2D eigenvalue weighted by Gasteiger charge is 2.31. The topological polar surface area (TPSA) is 124 Å². The molecule has 0 aliphatic heterocycles. The molecule has 0 saturated heterocycles.